The van der Waals surface area contributed by atoms with Crippen molar-refractivity contribution in [1.29, 1.82) is 0 Å². The summed E-state index contributed by atoms with van der Waals surface area (Å²) in [6.07, 6.45) is 1.61. The molecule has 0 saturated carbocycles. The SMILES string of the molecule is O=C1C2CCCN2C(=O)CN1c1cc(Cl)cc(Cl)c1. The van der Waals surface area contributed by atoms with Crippen molar-refractivity contribution in [2.24, 2.45) is 0 Å². The number of benzene rings is 1. The van der Waals surface area contributed by atoms with Gasteiger partial charge in [-0.05, 0) is 31.0 Å². The van der Waals surface area contributed by atoms with Gasteiger partial charge in [0.05, 0.1) is 0 Å². The van der Waals surface area contributed by atoms with Gasteiger partial charge in [-0.3, -0.25) is 9.59 Å². The number of carbonyl (C=O) groups is 2. The molecule has 4 nitrogen and oxygen atoms in total. The molecule has 2 fully saturated rings. The molecular weight excluding hydrogens is 287 g/mol. The van der Waals surface area contributed by atoms with Gasteiger partial charge >= 0.3 is 0 Å². The van der Waals surface area contributed by atoms with Crippen molar-refractivity contribution in [2.75, 3.05) is 18.0 Å². The monoisotopic (exact) mass is 298 g/mol. The van der Waals surface area contributed by atoms with Crippen molar-refractivity contribution in [3.63, 3.8) is 0 Å². The van der Waals surface area contributed by atoms with E-state index in [1.54, 1.807) is 23.1 Å². The van der Waals surface area contributed by atoms with Gasteiger partial charge in [0.1, 0.15) is 12.6 Å². The summed E-state index contributed by atoms with van der Waals surface area (Å²) in [4.78, 5) is 27.6. The van der Waals surface area contributed by atoms with E-state index in [0.717, 1.165) is 12.8 Å². The molecule has 3 rings (SSSR count). The standard InChI is InChI=1S/C13H12Cl2N2O2/c14-8-4-9(15)6-10(5-8)17-7-12(18)16-3-1-2-11(16)13(17)19/h4-6,11H,1-3,7H2. The van der Waals surface area contributed by atoms with E-state index in [0.29, 0.717) is 22.3 Å². The Hall–Kier alpha value is -1.26. The van der Waals surface area contributed by atoms with Crippen LogP contribution >= 0.6 is 23.2 Å². The first kappa shape index (κ1) is 12.8. The minimum absolute atomic E-state index is 0.0156. The summed E-state index contributed by atoms with van der Waals surface area (Å²) in [5.74, 6) is -0.0615. The molecule has 0 aliphatic carbocycles. The third-order valence-corrected chi connectivity index (χ3v) is 4.01. The highest BCUT2D eigenvalue weighted by Gasteiger charge is 2.42. The summed E-state index contributed by atoms with van der Waals surface area (Å²) < 4.78 is 0. The molecule has 1 unspecified atom stereocenters. The Bertz CT molecular complexity index is 541. The third-order valence-electron chi connectivity index (χ3n) is 3.58. The van der Waals surface area contributed by atoms with Crippen molar-refractivity contribution in [3.05, 3.63) is 28.2 Å². The van der Waals surface area contributed by atoms with Crippen LogP contribution in [0.5, 0.6) is 0 Å². The second-order valence-corrected chi connectivity index (χ2v) is 5.67. The number of hydrogen-bond acceptors (Lipinski definition) is 2. The molecule has 2 heterocycles. The summed E-state index contributed by atoms with van der Waals surface area (Å²) in [7, 11) is 0. The average Bonchev–Trinajstić information content (AvgIpc) is 2.82. The average molecular weight is 299 g/mol. The Labute approximate surface area is 120 Å². The smallest absolute Gasteiger partial charge is 0.250 e. The Morgan fingerprint density at radius 3 is 2.47 bits per heavy atom. The number of anilines is 1. The summed E-state index contributed by atoms with van der Waals surface area (Å²) in [5, 5.41) is 0.910. The van der Waals surface area contributed by atoms with Crippen LogP contribution in [-0.2, 0) is 9.59 Å². The highest BCUT2D eigenvalue weighted by atomic mass is 35.5. The summed E-state index contributed by atoms with van der Waals surface area (Å²) >= 11 is 11.9. The summed E-state index contributed by atoms with van der Waals surface area (Å²) in [6, 6.07) is 4.59. The van der Waals surface area contributed by atoms with Crippen LogP contribution in [0.1, 0.15) is 12.8 Å². The minimum Gasteiger partial charge on any atom is -0.329 e. The maximum atomic E-state index is 12.4. The van der Waals surface area contributed by atoms with Crippen LogP contribution in [0, 0.1) is 0 Å². The minimum atomic E-state index is -0.320. The molecule has 1 atom stereocenters. The van der Waals surface area contributed by atoms with E-state index in [2.05, 4.69) is 0 Å². The molecule has 1 aromatic rings. The van der Waals surface area contributed by atoms with Crippen molar-refractivity contribution in [2.45, 2.75) is 18.9 Å². The number of piperazine rings is 1. The largest absolute Gasteiger partial charge is 0.329 e. The number of carbonyl (C=O) groups excluding carboxylic acids is 2. The van der Waals surface area contributed by atoms with E-state index in [-0.39, 0.29) is 24.4 Å². The topological polar surface area (TPSA) is 40.6 Å². The first-order chi connectivity index (χ1) is 9.06. The van der Waals surface area contributed by atoms with Gasteiger partial charge in [-0.15, -0.1) is 0 Å². The van der Waals surface area contributed by atoms with Gasteiger partial charge < -0.3 is 9.80 Å². The lowest BCUT2D eigenvalue weighted by molar-refractivity contribution is -0.140. The zero-order chi connectivity index (χ0) is 13.6. The van der Waals surface area contributed by atoms with E-state index < -0.39 is 0 Å². The number of hydrogen-bond donors (Lipinski definition) is 0. The van der Waals surface area contributed by atoms with Gasteiger partial charge in [-0.2, -0.15) is 0 Å². The molecule has 0 spiro atoms. The molecule has 2 aliphatic rings. The first-order valence-corrected chi connectivity index (χ1v) is 6.89. The van der Waals surface area contributed by atoms with Crippen molar-refractivity contribution in [1.82, 2.24) is 4.90 Å². The number of rotatable bonds is 1. The molecule has 0 bridgehead atoms. The lowest BCUT2D eigenvalue weighted by Crippen LogP contribution is -2.57. The molecule has 2 aliphatic heterocycles. The van der Waals surface area contributed by atoms with Crippen molar-refractivity contribution < 1.29 is 9.59 Å². The summed E-state index contributed by atoms with van der Waals surface area (Å²) in [6.45, 7) is 0.741. The highest BCUT2D eigenvalue weighted by Crippen LogP contribution is 2.30. The maximum absolute atomic E-state index is 12.4. The fourth-order valence-electron chi connectivity index (χ4n) is 2.72. The third kappa shape index (κ3) is 2.19. The number of fused-ring (bicyclic) bond motifs is 1. The maximum Gasteiger partial charge on any atom is 0.250 e. The Morgan fingerprint density at radius 2 is 1.79 bits per heavy atom. The number of amides is 2. The lowest BCUT2D eigenvalue weighted by atomic mass is 10.1. The molecule has 0 N–H and O–H groups in total. The predicted molar refractivity (Wildman–Crippen MR) is 73.6 cm³/mol. The van der Waals surface area contributed by atoms with E-state index in [1.807, 2.05) is 0 Å². The second kappa shape index (κ2) is 4.69. The van der Waals surface area contributed by atoms with Gasteiger partial charge in [0.15, 0.2) is 0 Å². The molecule has 19 heavy (non-hydrogen) atoms. The molecule has 6 heteroatoms. The van der Waals surface area contributed by atoms with Gasteiger partial charge in [-0.25, -0.2) is 0 Å². The van der Waals surface area contributed by atoms with Crippen LogP contribution in [0.2, 0.25) is 10.0 Å². The van der Waals surface area contributed by atoms with Crippen LogP contribution in [0.3, 0.4) is 0 Å². The fraction of sp³-hybridized carbons (Fsp3) is 0.385. The van der Waals surface area contributed by atoms with Crippen molar-refractivity contribution >= 4 is 40.7 Å². The van der Waals surface area contributed by atoms with Crippen LogP contribution < -0.4 is 4.90 Å². The molecular formula is C13H12Cl2N2O2. The lowest BCUT2D eigenvalue weighted by Gasteiger charge is -2.36. The van der Waals surface area contributed by atoms with E-state index in [1.165, 1.54) is 4.90 Å². The fourth-order valence-corrected chi connectivity index (χ4v) is 3.23. The summed E-state index contributed by atoms with van der Waals surface area (Å²) in [5.41, 5.74) is 0.586. The molecule has 0 aromatic heterocycles. The normalized spacial score (nSPS) is 22.9. The molecule has 2 saturated heterocycles. The van der Waals surface area contributed by atoms with Gasteiger partial charge in [0, 0.05) is 22.3 Å². The Kier molecular flexibility index (Phi) is 3.15. The Morgan fingerprint density at radius 1 is 1.11 bits per heavy atom. The van der Waals surface area contributed by atoms with Crippen molar-refractivity contribution in [3.8, 4) is 0 Å². The zero-order valence-electron chi connectivity index (χ0n) is 10.1. The van der Waals surface area contributed by atoms with Crippen LogP contribution in [-0.4, -0.2) is 35.8 Å². The zero-order valence-corrected chi connectivity index (χ0v) is 11.6. The molecule has 1 aromatic carbocycles. The van der Waals surface area contributed by atoms with Gasteiger partial charge in [0.25, 0.3) is 0 Å². The number of halogens is 2. The Balaban J connectivity index is 1.96. The van der Waals surface area contributed by atoms with Gasteiger partial charge in [-0.1, -0.05) is 23.2 Å². The van der Waals surface area contributed by atoms with Gasteiger partial charge in [0.2, 0.25) is 11.8 Å². The number of nitrogens with zero attached hydrogens (tertiary/aromatic N) is 2. The molecule has 100 valence electrons. The van der Waals surface area contributed by atoms with E-state index in [9.17, 15) is 9.59 Å². The second-order valence-electron chi connectivity index (χ2n) is 4.80. The molecule has 2 amide bonds. The molecule has 0 radical (unpaired) electrons. The first-order valence-electron chi connectivity index (χ1n) is 6.13. The van der Waals surface area contributed by atoms with E-state index >= 15 is 0 Å². The van der Waals surface area contributed by atoms with Crippen LogP contribution in [0.25, 0.3) is 0 Å². The van der Waals surface area contributed by atoms with Crippen LogP contribution in [0.15, 0.2) is 18.2 Å². The quantitative estimate of drug-likeness (QED) is 0.798. The predicted octanol–water partition coefficient (Wildman–Crippen LogP) is 2.33. The van der Waals surface area contributed by atoms with Crippen LogP contribution in [0.4, 0.5) is 5.69 Å². The highest BCUT2D eigenvalue weighted by molar-refractivity contribution is 6.35. The van der Waals surface area contributed by atoms with E-state index in [4.69, 9.17) is 23.2 Å².